The van der Waals surface area contributed by atoms with Crippen LogP contribution in [-0.4, -0.2) is 28.8 Å². The van der Waals surface area contributed by atoms with E-state index in [0.29, 0.717) is 37.1 Å². The molecule has 27 heavy (non-hydrogen) atoms. The minimum atomic E-state index is -1.06. The average Bonchev–Trinajstić information content (AvgIpc) is 2.96. The van der Waals surface area contributed by atoms with Gasteiger partial charge in [0.2, 0.25) is 0 Å². The number of carbonyl (C=O) groups is 2. The van der Waals surface area contributed by atoms with Crippen molar-refractivity contribution in [3.63, 3.8) is 0 Å². The topological polar surface area (TPSA) is 88.0 Å². The maximum absolute atomic E-state index is 12.2. The number of halogens is 2. The van der Waals surface area contributed by atoms with E-state index >= 15 is 0 Å². The second-order valence-electron chi connectivity index (χ2n) is 5.33. The van der Waals surface area contributed by atoms with Crippen LogP contribution in [0.25, 0.3) is 6.08 Å². The van der Waals surface area contributed by atoms with Crippen molar-refractivity contribution in [2.75, 3.05) is 6.61 Å². The lowest BCUT2D eigenvalue weighted by Crippen LogP contribution is -2.19. The normalized spacial score (nSPS) is 16.6. The van der Waals surface area contributed by atoms with Crippen LogP contribution < -0.4 is 10.1 Å². The number of aliphatic carboxylic acids is 1. The van der Waals surface area contributed by atoms with Gasteiger partial charge in [-0.05, 0) is 53.7 Å². The fourth-order valence-corrected chi connectivity index (χ4v) is 3.31. The van der Waals surface area contributed by atoms with Gasteiger partial charge >= 0.3 is 5.97 Å². The molecule has 1 aliphatic heterocycles. The molecule has 0 radical (unpaired) electrons. The maximum Gasteiger partial charge on any atom is 0.341 e. The molecular weight excluding hydrogens is 411 g/mol. The number of amides is 1. The minimum Gasteiger partial charge on any atom is -0.482 e. The van der Waals surface area contributed by atoms with E-state index in [-0.39, 0.29) is 5.91 Å². The van der Waals surface area contributed by atoms with Gasteiger partial charge in [0.15, 0.2) is 11.8 Å². The first-order valence-corrected chi connectivity index (χ1v) is 9.17. The number of nitrogens with one attached hydrogen (secondary N) is 1. The Kier molecular flexibility index (Phi) is 6.05. The number of carboxylic acid groups (broad SMARTS) is 1. The van der Waals surface area contributed by atoms with Gasteiger partial charge in [0.1, 0.15) is 5.75 Å². The van der Waals surface area contributed by atoms with Crippen molar-refractivity contribution >= 4 is 63.8 Å². The number of hydrogen-bond donors (Lipinski definition) is 2. The van der Waals surface area contributed by atoms with Gasteiger partial charge in [0, 0.05) is 5.02 Å². The molecule has 3 rings (SSSR count). The van der Waals surface area contributed by atoms with Crippen LogP contribution in [0.5, 0.6) is 5.75 Å². The predicted octanol–water partition coefficient (Wildman–Crippen LogP) is 4.35. The molecule has 0 aromatic heterocycles. The lowest BCUT2D eigenvalue weighted by Gasteiger charge is -2.03. The average molecular weight is 423 g/mol. The molecule has 1 heterocycles. The first-order chi connectivity index (χ1) is 12.9. The van der Waals surface area contributed by atoms with Gasteiger partial charge in [-0.15, -0.1) is 0 Å². The molecule has 2 aromatic rings. The number of hydrogen-bond acceptors (Lipinski definition) is 5. The number of nitrogens with zero attached hydrogens (tertiary/aromatic N) is 1. The third-order valence-electron chi connectivity index (χ3n) is 3.30. The Morgan fingerprint density at radius 3 is 2.85 bits per heavy atom. The van der Waals surface area contributed by atoms with Crippen molar-refractivity contribution in [1.82, 2.24) is 5.32 Å². The minimum absolute atomic E-state index is 0.297. The Labute approximate surface area is 168 Å². The van der Waals surface area contributed by atoms with Gasteiger partial charge in [-0.3, -0.25) is 4.79 Å². The van der Waals surface area contributed by atoms with E-state index in [1.165, 1.54) is 0 Å². The molecule has 1 amide bonds. The molecule has 2 N–H and O–H groups in total. The van der Waals surface area contributed by atoms with Crippen molar-refractivity contribution < 1.29 is 19.4 Å². The first-order valence-electron chi connectivity index (χ1n) is 7.60. The molecule has 0 saturated carbocycles. The van der Waals surface area contributed by atoms with Crippen LogP contribution in [0.2, 0.25) is 10.0 Å². The van der Waals surface area contributed by atoms with Crippen molar-refractivity contribution in [2.24, 2.45) is 4.99 Å². The van der Waals surface area contributed by atoms with E-state index in [9.17, 15) is 9.59 Å². The smallest absolute Gasteiger partial charge is 0.341 e. The molecule has 1 aliphatic rings. The Morgan fingerprint density at radius 1 is 1.26 bits per heavy atom. The molecule has 0 atom stereocenters. The van der Waals surface area contributed by atoms with E-state index in [4.69, 9.17) is 33.0 Å². The Bertz CT molecular complexity index is 976. The zero-order valence-electron chi connectivity index (χ0n) is 13.6. The van der Waals surface area contributed by atoms with E-state index < -0.39 is 12.6 Å². The van der Waals surface area contributed by atoms with Gasteiger partial charge in [0.25, 0.3) is 5.91 Å². The molecular formula is C18H12Cl2N2O4S. The third-order valence-corrected chi connectivity index (χ3v) is 4.76. The van der Waals surface area contributed by atoms with Crippen LogP contribution in [-0.2, 0) is 9.59 Å². The van der Waals surface area contributed by atoms with Crippen LogP contribution in [0.15, 0.2) is 52.4 Å². The second kappa shape index (κ2) is 8.47. The third kappa shape index (κ3) is 5.26. The highest BCUT2D eigenvalue weighted by atomic mass is 35.5. The lowest BCUT2D eigenvalue weighted by molar-refractivity contribution is -0.139. The van der Waals surface area contributed by atoms with E-state index in [2.05, 4.69) is 10.3 Å². The van der Waals surface area contributed by atoms with Crippen molar-refractivity contribution in [1.29, 1.82) is 0 Å². The number of amidine groups is 1. The van der Waals surface area contributed by atoms with Gasteiger partial charge < -0.3 is 15.2 Å². The van der Waals surface area contributed by atoms with Crippen LogP contribution in [0.1, 0.15) is 5.56 Å². The largest absolute Gasteiger partial charge is 0.482 e. The lowest BCUT2D eigenvalue weighted by atomic mass is 10.2. The summed E-state index contributed by atoms with van der Waals surface area (Å²) in [5.74, 6) is -0.964. The zero-order valence-corrected chi connectivity index (χ0v) is 15.9. The van der Waals surface area contributed by atoms with Crippen LogP contribution >= 0.6 is 35.0 Å². The fourth-order valence-electron chi connectivity index (χ4n) is 2.15. The van der Waals surface area contributed by atoms with Crippen molar-refractivity contribution in [3.8, 4) is 5.75 Å². The fraction of sp³-hybridized carbons (Fsp3) is 0.0556. The van der Waals surface area contributed by atoms with Crippen LogP contribution in [0, 0.1) is 0 Å². The van der Waals surface area contributed by atoms with Gasteiger partial charge in [-0.25, -0.2) is 9.79 Å². The van der Waals surface area contributed by atoms with Gasteiger partial charge in [-0.2, -0.15) is 0 Å². The predicted molar refractivity (Wildman–Crippen MR) is 107 cm³/mol. The number of benzene rings is 2. The summed E-state index contributed by atoms with van der Waals surface area (Å²) in [6.45, 7) is -0.438. The number of carboxylic acids is 1. The summed E-state index contributed by atoms with van der Waals surface area (Å²) < 4.78 is 5.14. The molecule has 9 heteroatoms. The van der Waals surface area contributed by atoms with Crippen molar-refractivity contribution in [2.45, 2.75) is 0 Å². The van der Waals surface area contributed by atoms with Crippen LogP contribution in [0.3, 0.4) is 0 Å². The van der Waals surface area contributed by atoms with Crippen LogP contribution in [0.4, 0.5) is 5.69 Å². The molecule has 138 valence electrons. The summed E-state index contributed by atoms with van der Waals surface area (Å²) >= 11 is 13.2. The zero-order chi connectivity index (χ0) is 19.4. The summed E-state index contributed by atoms with van der Waals surface area (Å²) in [6, 6.07) is 11.7. The molecule has 0 spiro atoms. The number of thioether (sulfide) groups is 1. The Hall–Kier alpha value is -2.48. The van der Waals surface area contributed by atoms with Crippen molar-refractivity contribution in [3.05, 3.63) is 63.0 Å². The summed E-state index contributed by atoms with van der Waals surface area (Å²) in [5, 5.41) is 12.6. The highest BCUT2D eigenvalue weighted by Crippen LogP contribution is 2.32. The SMILES string of the molecule is O=C(O)COc1cccc(/C=C2/SC(=Nc3cc(Cl)ccc3Cl)NC2=O)c1. The highest BCUT2D eigenvalue weighted by molar-refractivity contribution is 8.18. The summed E-state index contributed by atoms with van der Waals surface area (Å²) in [6.07, 6.45) is 1.66. The first kappa shape index (κ1) is 19.3. The molecule has 0 aliphatic carbocycles. The summed E-state index contributed by atoms with van der Waals surface area (Å²) in [4.78, 5) is 27.5. The molecule has 1 fully saturated rings. The maximum atomic E-state index is 12.2. The number of carbonyl (C=O) groups excluding carboxylic acids is 1. The van der Waals surface area contributed by atoms with E-state index in [1.807, 2.05) is 0 Å². The molecule has 1 saturated heterocycles. The van der Waals surface area contributed by atoms with E-state index in [0.717, 1.165) is 11.8 Å². The monoisotopic (exact) mass is 422 g/mol. The molecule has 6 nitrogen and oxygen atoms in total. The number of ether oxygens (including phenoxy) is 1. The summed E-state index contributed by atoms with van der Waals surface area (Å²) in [5.41, 5.74) is 1.15. The number of aliphatic imine (C=N–C) groups is 1. The number of rotatable bonds is 5. The Balaban J connectivity index is 1.79. The second-order valence-corrected chi connectivity index (χ2v) is 7.21. The van der Waals surface area contributed by atoms with Gasteiger partial charge in [-0.1, -0.05) is 35.3 Å². The Morgan fingerprint density at radius 2 is 2.07 bits per heavy atom. The van der Waals surface area contributed by atoms with Gasteiger partial charge in [0.05, 0.1) is 15.6 Å². The quantitative estimate of drug-likeness (QED) is 0.699. The summed E-state index contributed by atoms with van der Waals surface area (Å²) in [7, 11) is 0. The van der Waals surface area contributed by atoms with E-state index in [1.54, 1.807) is 48.5 Å². The highest BCUT2D eigenvalue weighted by Gasteiger charge is 2.24. The molecule has 0 unspecified atom stereocenters. The molecule has 0 bridgehead atoms. The molecule has 2 aromatic carbocycles. The standard InChI is InChI=1S/C18H12Cl2N2O4S/c19-11-4-5-13(20)14(8-11)21-18-22-17(25)15(27-18)7-10-2-1-3-12(6-10)26-9-16(23)24/h1-8H,9H2,(H,23,24)(H,21,22,25)/b15-7+.